The molecule has 5 nitrogen and oxygen atoms in total. The van der Waals surface area contributed by atoms with Gasteiger partial charge in [-0.1, -0.05) is 60.1 Å². The maximum Gasteiger partial charge on any atom is 0.320 e. The minimum Gasteiger partial charge on any atom is -0.337 e. The van der Waals surface area contributed by atoms with Gasteiger partial charge in [0.25, 0.3) is 0 Å². The monoisotopic (exact) mass is 354 g/mol. The Morgan fingerprint density at radius 2 is 1.84 bits per heavy atom. The molecule has 0 fully saturated rings. The summed E-state index contributed by atoms with van der Waals surface area (Å²) in [5, 5.41) is 10.6. The predicted molar refractivity (Wildman–Crippen MR) is 101 cm³/mol. The smallest absolute Gasteiger partial charge is 0.320 e. The van der Waals surface area contributed by atoms with Crippen molar-refractivity contribution in [1.29, 1.82) is 0 Å². The summed E-state index contributed by atoms with van der Waals surface area (Å²) in [7, 11) is 1.85. The molecule has 2 amide bonds. The maximum atomic E-state index is 12.0. The quantitative estimate of drug-likeness (QED) is 0.724. The van der Waals surface area contributed by atoms with Crippen molar-refractivity contribution in [1.82, 2.24) is 15.1 Å². The van der Waals surface area contributed by atoms with Crippen LogP contribution < -0.4 is 10.6 Å². The number of urea groups is 1. The average molecular weight is 355 g/mol. The maximum absolute atomic E-state index is 12.0. The molecule has 0 saturated carbocycles. The van der Waals surface area contributed by atoms with Crippen molar-refractivity contribution in [3.05, 3.63) is 71.2 Å². The van der Waals surface area contributed by atoms with Crippen LogP contribution >= 0.6 is 11.6 Å². The van der Waals surface area contributed by atoms with Crippen LogP contribution in [0.1, 0.15) is 5.56 Å². The Balaban J connectivity index is 1.56. The minimum absolute atomic E-state index is 0.287. The molecule has 2 N–H and O–H groups in total. The van der Waals surface area contributed by atoms with Crippen molar-refractivity contribution in [2.75, 3.05) is 11.9 Å². The molecule has 0 radical (unpaired) electrons. The highest BCUT2D eigenvalue weighted by Crippen LogP contribution is 2.21. The van der Waals surface area contributed by atoms with E-state index >= 15 is 0 Å². The van der Waals surface area contributed by atoms with Crippen LogP contribution in [-0.4, -0.2) is 22.4 Å². The number of halogens is 1. The number of anilines is 1. The summed E-state index contributed by atoms with van der Waals surface area (Å²) in [6, 6.07) is 19.1. The van der Waals surface area contributed by atoms with E-state index in [0.717, 1.165) is 16.8 Å². The third-order valence-corrected chi connectivity index (χ3v) is 4.20. The molecule has 0 aliphatic rings. The fraction of sp³-hybridized carbons (Fsp3) is 0.158. The lowest BCUT2D eigenvalue weighted by atomic mass is 10.1. The number of hydrogen-bond acceptors (Lipinski definition) is 2. The molecule has 0 saturated heterocycles. The molecule has 2 aromatic carbocycles. The van der Waals surface area contributed by atoms with Gasteiger partial charge in [0.2, 0.25) is 0 Å². The standard InChI is InChI=1S/C19H19ClN4O/c1-24-17(15-8-3-2-4-9-15)13-18(23-24)22-19(25)21-12-11-14-7-5-6-10-16(14)20/h2-10,13H,11-12H2,1H3,(H2,21,22,23,25). The van der Waals surface area contributed by atoms with E-state index < -0.39 is 0 Å². The first-order chi connectivity index (χ1) is 12.1. The van der Waals surface area contributed by atoms with E-state index in [1.165, 1.54) is 0 Å². The number of hydrogen-bond donors (Lipinski definition) is 2. The highest BCUT2D eigenvalue weighted by molar-refractivity contribution is 6.31. The first-order valence-electron chi connectivity index (χ1n) is 8.01. The number of nitrogens with one attached hydrogen (secondary N) is 2. The van der Waals surface area contributed by atoms with Crippen LogP contribution in [0.3, 0.4) is 0 Å². The van der Waals surface area contributed by atoms with Gasteiger partial charge in [0.05, 0.1) is 5.69 Å². The molecule has 0 aliphatic heterocycles. The zero-order chi connectivity index (χ0) is 17.6. The van der Waals surface area contributed by atoms with Gasteiger partial charge in [-0.15, -0.1) is 0 Å². The summed E-state index contributed by atoms with van der Waals surface area (Å²) in [6.45, 7) is 0.494. The van der Waals surface area contributed by atoms with Crippen molar-refractivity contribution in [3.63, 3.8) is 0 Å². The molecule has 0 unspecified atom stereocenters. The third kappa shape index (κ3) is 4.39. The number of nitrogens with zero attached hydrogens (tertiary/aromatic N) is 2. The lowest BCUT2D eigenvalue weighted by molar-refractivity contribution is 0.252. The molecule has 0 atom stereocenters. The molecule has 6 heteroatoms. The van der Waals surface area contributed by atoms with Gasteiger partial charge in [0.1, 0.15) is 0 Å². The Labute approximate surface area is 151 Å². The molecular formula is C19H19ClN4O. The lowest BCUT2D eigenvalue weighted by Gasteiger charge is -2.06. The van der Waals surface area contributed by atoms with Gasteiger partial charge in [0, 0.05) is 24.7 Å². The van der Waals surface area contributed by atoms with Crippen molar-refractivity contribution in [3.8, 4) is 11.3 Å². The van der Waals surface area contributed by atoms with Crippen LogP contribution in [-0.2, 0) is 13.5 Å². The van der Waals surface area contributed by atoms with Crippen LogP contribution in [0.5, 0.6) is 0 Å². The van der Waals surface area contributed by atoms with Gasteiger partial charge in [-0.05, 0) is 23.6 Å². The summed E-state index contributed by atoms with van der Waals surface area (Å²) >= 11 is 6.11. The number of amides is 2. The van der Waals surface area contributed by atoms with Crippen LogP contribution in [0.15, 0.2) is 60.7 Å². The first kappa shape index (κ1) is 17.0. The van der Waals surface area contributed by atoms with Gasteiger partial charge in [-0.3, -0.25) is 10.00 Å². The minimum atomic E-state index is -0.287. The second-order valence-corrected chi connectivity index (χ2v) is 6.03. The molecule has 25 heavy (non-hydrogen) atoms. The first-order valence-corrected chi connectivity index (χ1v) is 8.39. The zero-order valence-corrected chi connectivity index (χ0v) is 14.6. The Morgan fingerprint density at radius 3 is 2.60 bits per heavy atom. The Hall–Kier alpha value is -2.79. The second kappa shape index (κ2) is 7.85. The van der Waals surface area contributed by atoms with Crippen LogP contribution in [0.4, 0.5) is 10.6 Å². The van der Waals surface area contributed by atoms with E-state index in [4.69, 9.17) is 11.6 Å². The molecule has 128 valence electrons. The van der Waals surface area contributed by atoms with Crippen LogP contribution in [0.2, 0.25) is 5.02 Å². The second-order valence-electron chi connectivity index (χ2n) is 5.63. The number of aromatic nitrogens is 2. The third-order valence-electron chi connectivity index (χ3n) is 3.83. The Bertz CT molecular complexity index is 861. The molecular weight excluding hydrogens is 336 g/mol. The van der Waals surface area contributed by atoms with E-state index in [1.54, 1.807) is 4.68 Å². The van der Waals surface area contributed by atoms with Gasteiger partial charge in [-0.25, -0.2) is 4.79 Å². The topological polar surface area (TPSA) is 59.0 Å². The van der Waals surface area contributed by atoms with E-state index in [1.807, 2.05) is 67.7 Å². The molecule has 1 heterocycles. The fourth-order valence-electron chi connectivity index (χ4n) is 2.58. The molecule has 1 aromatic heterocycles. The van der Waals surface area contributed by atoms with Crippen LogP contribution in [0.25, 0.3) is 11.3 Å². The van der Waals surface area contributed by atoms with E-state index in [2.05, 4.69) is 15.7 Å². The van der Waals surface area contributed by atoms with Crippen LogP contribution in [0, 0.1) is 0 Å². The van der Waals surface area contributed by atoms with Crippen molar-refractivity contribution in [2.24, 2.45) is 7.05 Å². The SMILES string of the molecule is Cn1nc(NC(=O)NCCc2ccccc2Cl)cc1-c1ccccc1. The summed E-state index contributed by atoms with van der Waals surface area (Å²) in [4.78, 5) is 12.0. The number of carbonyl (C=O) groups excluding carboxylic acids is 1. The Morgan fingerprint density at radius 1 is 1.12 bits per heavy atom. The summed E-state index contributed by atoms with van der Waals surface area (Å²) in [6.07, 6.45) is 0.671. The van der Waals surface area contributed by atoms with Gasteiger partial charge >= 0.3 is 6.03 Å². The van der Waals surface area contributed by atoms with Crippen molar-refractivity contribution < 1.29 is 4.79 Å². The normalized spacial score (nSPS) is 10.5. The number of rotatable bonds is 5. The zero-order valence-electron chi connectivity index (χ0n) is 13.9. The largest absolute Gasteiger partial charge is 0.337 e. The van der Waals surface area contributed by atoms with Gasteiger partial charge < -0.3 is 5.32 Å². The number of aryl methyl sites for hydroxylation is 1. The number of benzene rings is 2. The fourth-order valence-corrected chi connectivity index (χ4v) is 2.81. The molecule has 3 rings (SSSR count). The molecule has 3 aromatic rings. The predicted octanol–water partition coefficient (Wildman–Crippen LogP) is 4.10. The summed E-state index contributed by atoms with van der Waals surface area (Å²) in [5.41, 5.74) is 2.99. The van der Waals surface area contributed by atoms with E-state index in [-0.39, 0.29) is 6.03 Å². The van der Waals surface area contributed by atoms with E-state index in [9.17, 15) is 4.79 Å². The average Bonchev–Trinajstić information content (AvgIpc) is 2.97. The Kier molecular flexibility index (Phi) is 5.36. The number of carbonyl (C=O) groups is 1. The van der Waals surface area contributed by atoms with Crippen molar-refractivity contribution in [2.45, 2.75) is 6.42 Å². The molecule has 0 aliphatic carbocycles. The highest BCUT2D eigenvalue weighted by Gasteiger charge is 2.09. The molecule has 0 bridgehead atoms. The lowest BCUT2D eigenvalue weighted by Crippen LogP contribution is -2.30. The van der Waals surface area contributed by atoms with E-state index in [0.29, 0.717) is 23.8 Å². The summed E-state index contributed by atoms with van der Waals surface area (Å²) < 4.78 is 1.74. The molecule has 0 spiro atoms. The highest BCUT2D eigenvalue weighted by atomic mass is 35.5. The summed E-state index contributed by atoms with van der Waals surface area (Å²) in [5.74, 6) is 0.511. The van der Waals surface area contributed by atoms with Crippen molar-refractivity contribution >= 4 is 23.4 Å². The van der Waals surface area contributed by atoms with Gasteiger partial charge in [-0.2, -0.15) is 5.10 Å². The van der Waals surface area contributed by atoms with Gasteiger partial charge in [0.15, 0.2) is 5.82 Å².